The Morgan fingerprint density at radius 3 is 2.95 bits per heavy atom. The van der Waals surface area contributed by atoms with Crippen molar-refractivity contribution in [3.63, 3.8) is 0 Å². The van der Waals surface area contributed by atoms with Crippen LogP contribution in [0, 0.1) is 12.7 Å². The second kappa shape index (κ2) is 4.76. The Morgan fingerprint density at radius 1 is 1.16 bits per heavy atom. The van der Waals surface area contributed by atoms with Crippen molar-refractivity contribution < 1.29 is 4.39 Å². The molecule has 2 nitrogen and oxygen atoms in total. The van der Waals surface area contributed by atoms with Crippen LogP contribution in [-0.2, 0) is 0 Å². The first-order chi connectivity index (χ1) is 9.24. The first-order valence-electron chi connectivity index (χ1n) is 6.19. The van der Waals surface area contributed by atoms with E-state index in [9.17, 15) is 4.39 Å². The minimum absolute atomic E-state index is 0.269. The summed E-state index contributed by atoms with van der Waals surface area (Å²) < 4.78 is 13.3. The van der Waals surface area contributed by atoms with Crippen LogP contribution in [0.15, 0.2) is 53.6 Å². The van der Waals surface area contributed by atoms with Gasteiger partial charge in [-0.25, -0.2) is 9.37 Å². The Morgan fingerprint density at radius 2 is 2.05 bits per heavy atom. The molecule has 1 aromatic heterocycles. The Balaban J connectivity index is 2.18. The van der Waals surface area contributed by atoms with Crippen molar-refractivity contribution in [2.24, 2.45) is 4.99 Å². The molecule has 0 bridgehead atoms. The number of pyridine rings is 1. The van der Waals surface area contributed by atoms with Gasteiger partial charge in [0.2, 0.25) is 0 Å². The van der Waals surface area contributed by atoms with Crippen molar-refractivity contribution >= 4 is 16.6 Å². The van der Waals surface area contributed by atoms with Crippen molar-refractivity contribution in [1.29, 1.82) is 0 Å². The van der Waals surface area contributed by atoms with Crippen molar-refractivity contribution in [3.8, 4) is 0 Å². The van der Waals surface area contributed by atoms with Crippen LogP contribution in [0.25, 0.3) is 10.9 Å². The average Bonchev–Trinajstić information content (AvgIpc) is 2.67. The Labute approximate surface area is 111 Å². The van der Waals surface area contributed by atoms with Crippen LogP contribution in [0.5, 0.6) is 0 Å². The van der Waals surface area contributed by atoms with Gasteiger partial charge in [0.15, 0.2) is 0 Å². The molecule has 2 heterocycles. The van der Waals surface area contributed by atoms with E-state index in [-0.39, 0.29) is 5.82 Å². The fourth-order valence-corrected chi connectivity index (χ4v) is 2.15. The lowest BCUT2D eigenvalue weighted by atomic mass is 10.1. The number of hydrogen-bond donors (Lipinski definition) is 0. The lowest BCUT2D eigenvalue weighted by Crippen LogP contribution is -2.04. The SMILES string of the molecule is Cc1cc2ccc(F)cc2nc1C1=NCC=CC=C1. The van der Waals surface area contributed by atoms with Gasteiger partial charge in [-0.2, -0.15) is 0 Å². The molecule has 0 amide bonds. The van der Waals surface area contributed by atoms with Gasteiger partial charge in [0.1, 0.15) is 5.82 Å². The van der Waals surface area contributed by atoms with Crippen LogP contribution in [0.4, 0.5) is 4.39 Å². The van der Waals surface area contributed by atoms with Gasteiger partial charge in [-0.1, -0.05) is 18.2 Å². The molecule has 0 aliphatic carbocycles. The lowest BCUT2D eigenvalue weighted by Gasteiger charge is -2.07. The minimum atomic E-state index is -0.269. The summed E-state index contributed by atoms with van der Waals surface area (Å²) in [6, 6.07) is 6.68. The summed E-state index contributed by atoms with van der Waals surface area (Å²) in [6.45, 7) is 2.64. The molecule has 0 saturated heterocycles. The molecule has 1 aromatic carbocycles. The van der Waals surface area contributed by atoms with Gasteiger partial charge >= 0.3 is 0 Å². The molecule has 1 aliphatic heterocycles. The third-order valence-corrected chi connectivity index (χ3v) is 3.08. The highest BCUT2D eigenvalue weighted by Gasteiger charge is 2.09. The summed E-state index contributed by atoms with van der Waals surface area (Å²) in [5.74, 6) is -0.269. The summed E-state index contributed by atoms with van der Waals surface area (Å²) in [5.41, 5.74) is 3.37. The summed E-state index contributed by atoms with van der Waals surface area (Å²) >= 11 is 0. The number of allylic oxidation sites excluding steroid dienone is 3. The maximum Gasteiger partial charge on any atom is 0.125 e. The van der Waals surface area contributed by atoms with Gasteiger partial charge in [-0.15, -0.1) is 0 Å². The third-order valence-electron chi connectivity index (χ3n) is 3.08. The molecule has 0 N–H and O–H groups in total. The van der Waals surface area contributed by atoms with Crippen LogP contribution < -0.4 is 0 Å². The number of aromatic nitrogens is 1. The predicted molar refractivity (Wildman–Crippen MR) is 76.1 cm³/mol. The molecule has 2 aromatic rings. The fraction of sp³-hybridized carbons (Fsp3) is 0.125. The molecule has 1 aliphatic rings. The maximum atomic E-state index is 13.3. The van der Waals surface area contributed by atoms with E-state index in [0.29, 0.717) is 12.1 Å². The standard InChI is InChI=1S/C16H13FN2/c1-11-9-12-6-7-13(17)10-15(12)19-16(11)14-5-3-2-4-8-18-14/h2-7,9-10H,8H2,1H3. The molecular weight excluding hydrogens is 239 g/mol. The van der Waals surface area contributed by atoms with E-state index in [0.717, 1.165) is 22.4 Å². The highest BCUT2D eigenvalue weighted by molar-refractivity contribution is 6.09. The normalized spacial score (nSPS) is 14.5. The van der Waals surface area contributed by atoms with E-state index < -0.39 is 0 Å². The number of nitrogens with zero attached hydrogens (tertiary/aromatic N) is 2. The van der Waals surface area contributed by atoms with E-state index in [1.807, 2.05) is 37.3 Å². The number of benzene rings is 1. The van der Waals surface area contributed by atoms with E-state index in [4.69, 9.17) is 0 Å². The highest BCUT2D eigenvalue weighted by atomic mass is 19.1. The van der Waals surface area contributed by atoms with E-state index in [1.54, 1.807) is 6.07 Å². The maximum absolute atomic E-state index is 13.3. The molecule has 0 fully saturated rings. The fourth-order valence-electron chi connectivity index (χ4n) is 2.15. The Hall–Kier alpha value is -2.29. The summed E-state index contributed by atoms with van der Waals surface area (Å²) in [5, 5.41) is 0.943. The molecule has 0 unspecified atom stereocenters. The third kappa shape index (κ3) is 2.32. The van der Waals surface area contributed by atoms with Crippen molar-refractivity contribution in [3.05, 3.63) is 65.6 Å². The van der Waals surface area contributed by atoms with E-state index in [2.05, 4.69) is 9.98 Å². The zero-order chi connectivity index (χ0) is 13.2. The zero-order valence-corrected chi connectivity index (χ0v) is 10.6. The van der Waals surface area contributed by atoms with Gasteiger partial charge in [0, 0.05) is 11.5 Å². The quantitative estimate of drug-likeness (QED) is 0.761. The van der Waals surface area contributed by atoms with Gasteiger partial charge in [-0.05, 0) is 36.8 Å². The average molecular weight is 252 g/mol. The minimum Gasteiger partial charge on any atom is -0.279 e. The summed E-state index contributed by atoms with van der Waals surface area (Å²) in [4.78, 5) is 9.02. The molecule has 0 atom stereocenters. The molecule has 3 heteroatoms. The number of hydrogen-bond acceptors (Lipinski definition) is 2. The number of aryl methyl sites for hydroxylation is 1. The van der Waals surface area contributed by atoms with Gasteiger partial charge < -0.3 is 0 Å². The van der Waals surface area contributed by atoms with Crippen molar-refractivity contribution in [2.75, 3.05) is 6.54 Å². The summed E-state index contributed by atoms with van der Waals surface area (Å²) in [7, 11) is 0. The second-order valence-electron chi connectivity index (χ2n) is 4.50. The number of halogens is 1. The smallest absolute Gasteiger partial charge is 0.125 e. The zero-order valence-electron chi connectivity index (χ0n) is 10.6. The Bertz CT molecular complexity index is 727. The lowest BCUT2D eigenvalue weighted by molar-refractivity contribution is 0.629. The molecule has 0 radical (unpaired) electrons. The topological polar surface area (TPSA) is 25.2 Å². The van der Waals surface area contributed by atoms with Gasteiger partial charge in [0.25, 0.3) is 0 Å². The molecular formula is C16H13FN2. The van der Waals surface area contributed by atoms with E-state index in [1.165, 1.54) is 12.1 Å². The molecule has 0 spiro atoms. The van der Waals surface area contributed by atoms with Crippen molar-refractivity contribution in [1.82, 2.24) is 4.98 Å². The monoisotopic (exact) mass is 252 g/mol. The summed E-state index contributed by atoms with van der Waals surface area (Å²) in [6.07, 6.45) is 7.83. The largest absolute Gasteiger partial charge is 0.279 e. The van der Waals surface area contributed by atoms with E-state index >= 15 is 0 Å². The highest BCUT2D eigenvalue weighted by Crippen LogP contribution is 2.19. The van der Waals surface area contributed by atoms with Crippen LogP contribution in [-0.4, -0.2) is 17.2 Å². The Kier molecular flexibility index (Phi) is 2.95. The van der Waals surface area contributed by atoms with Crippen molar-refractivity contribution in [2.45, 2.75) is 6.92 Å². The number of rotatable bonds is 1. The first-order valence-corrected chi connectivity index (χ1v) is 6.19. The first kappa shape index (κ1) is 11.8. The molecule has 94 valence electrons. The van der Waals surface area contributed by atoms with Crippen LogP contribution >= 0.6 is 0 Å². The molecule has 19 heavy (non-hydrogen) atoms. The van der Waals surface area contributed by atoms with Gasteiger partial charge in [0.05, 0.1) is 23.5 Å². The number of aliphatic imine (C=N–C) groups is 1. The molecule has 0 saturated carbocycles. The number of fused-ring (bicyclic) bond motifs is 1. The van der Waals surface area contributed by atoms with Gasteiger partial charge in [-0.3, -0.25) is 4.99 Å². The van der Waals surface area contributed by atoms with Crippen LogP contribution in [0.3, 0.4) is 0 Å². The predicted octanol–water partition coefficient (Wildman–Crippen LogP) is 3.60. The molecule has 3 rings (SSSR count). The second-order valence-corrected chi connectivity index (χ2v) is 4.50. The van der Waals surface area contributed by atoms with Crippen LogP contribution in [0.1, 0.15) is 11.3 Å². The van der Waals surface area contributed by atoms with Crippen LogP contribution in [0.2, 0.25) is 0 Å².